The lowest BCUT2D eigenvalue weighted by molar-refractivity contribution is -0.111. The Bertz CT molecular complexity index is 972. The first-order chi connectivity index (χ1) is 12.0. The van der Waals surface area contributed by atoms with Gasteiger partial charge in [-0.3, -0.25) is 4.79 Å². The Morgan fingerprint density at radius 2 is 2.00 bits per heavy atom. The average molecular weight is 356 g/mol. The van der Waals surface area contributed by atoms with Crippen molar-refractivity contribution >= 4 is 40.2 Å². The fraction of sp³-hybridized carbons (Fsp3) is 0.150. The van der Waals surface area contributed by atoms with Crippen molar-refractivity contribution in [3.63, 3.8) is 0 Å². The summed E-state index contributed by atoms with van der Waals surface area (Å²) in [6.45, 7) is 3.97. The number of methoxy groups -OCH3 is 1. The van der Waals surface area contributed by atoms with Gasteiger partial charge in [-0.25, -0.2) is 0 Å². The molecule has 0 aliphatic heterocycles. The lowest BCUT2D eigenvalue weighted by atomic mass is 10.1. The summed E-state index contributed by atoms with van der Waals surface area (Å²) in [6, 6.07) is 11.2. The zero-order valence-corrected chi connectivity index (χ0v) is 15.0. The summed E-state index contributed by atoms with van der Waals surface area (Å²) in [4.78, 5) is 12.1. The third-order valence-corrected chi connectivity index (χ3v) is 4.04. The quantitative estimate of drug-likeness (QED) is 0.640. The number of carbonyl (C=O) groups is 1. The molecule has 4 nitrogen and oxygen atoms in total. The Labute approximate surface area is 151 Å². The molecular weight excluding hydrogens is 338 g/mol. The molecule has 0 bridgehead atoms. The van der Waals surface area contributed by atoms with E-state index >= 15 is 0 Å². The van der Waals surface area contributed by atoms with Crippen LogP contribution in [0.2, 0.25) is 5.02 Å². The molecule has 5 heteroatoms. The van der Waals surface area contributed by atoms with E-state index < -0.39 is 0 Å². The molecule has 0 fully saturated rings. The van der Waals surface area contributed by atoms with E-state index in [0.29, 0.717) is 22.1 Å². The maximum atomic E-state index is 12.1. The van der Waals surface area contributed by atoms with Crippen molar-refractivity contribution < 1.29 is 13.9 Å². The Balaban J connectivity index is 1.79. The minimum absolute atomic E-state index is 0.225. The van der Waals surface area contributed by atoms with E-state index in [1.807, 2.05) is 38.1 Å². The van der Waals surface area contributed by atoms with Crippen molar-refractivity contribution in [2.45, 2.75) is 13.8 Å². The zero-order chi connectivity index (χ0) is 18.0. The third kappa shape index (κ3) is 3.86. The molecule has 1 N–H and O–H groups in total. The van der Waals surface area contributed by atoms with Crippen molar-refractivity contribution in [2.24, 2.45) is 0 Å². The van der Waals surface area contributed by atoms with Crippen LogP contribution in [0.15, 0.2) is 46.9 Å². The Hall–Kier alpha value is -2.72. The van der Waals surface area contributed by atoms with Crippen LogP contribution >= 0.6 is 11.6 Å². The normalized spacial score (nSPS) is 11.2. The van der Waals surface area contributed by atoms with Gasteiger partial charge in [-0.05, 0) is 43.7 Å². The second-order valence-corrected chi connectivity index (χ2v) is 6.25. The highest BCUT2D eigenvalue weighted by molar-refractivity contribution is 6.31. The topological polar surface area (TPSA) is 51.5 Å². The van der Waals surface area contributed by atoms with Gasteiger partial charge in [0.25, 0.3) is 0 Å². The molecular formula is C20H18ClNO3. The van der Waals surface area contributed by atoms with Gasteiger partial charge >= 0.3 is 0 Å². The second-order valence-electron chi connectivity index (χ2n) is 5.82. The van der Waals surface area contributed by atoms with Crippen LogP contribution in [0.4, 0.5) is 5.69 Å². The predicted octanol–water partition coefficient (Wildman–Crippen LogP) is 5.36. The minimum Gasteiger partial charge on any atom is -0.493 e. The van der Waals surface area contributed by atoms with Gasteiger partial charge in [0.1, 0.15) is 5.76 Å². The van der Waals surface area contributed by atoms with E-state index in [-0.39, 0.29) is 5.91 Å². The molecule has 3 aromatic rings. The molecule has 25 heavy (non-hydrogen) atoms. The lowest BCUT2D eigenvalue weighted by Gasteiger charge is -2.06. The van der Waals surface area contributed by atoms with Crippen LogP contribution in [-0.2, 0) is 4.79 Å². The van der Waals surface area contributed by atoms with Gasteiger partial charge in [-0.2, -0.15) is 0 Å². The number of nitrogens with one attached hydrogen (secondary N) is 1. The average Bonchev–Trinajstić information content (AvgIpc) is 2.97. The summed E-state index contributed by atoms with van der Waals surface area (Å²) in [5.74, 6) is 0.880. The van der Waals surface area contributed by atoms with Crippen LogP contribution < -0.4 is 10.1 Å². The molecule has 1 heterocycles. The first kappa shape index (κ1) is 17.1. The number of amides is 1. The molecule has 0 saturated heterocycles. The Kier molecular flexibility index (Phi) is 4.81. The zero-order valence-electron chi connectivity index (χ0n) is 14.2. The van der Waals surface area contributed by atoms with E-state index in [2.05, 4.69) is 5.32 Å². The lowest BCUT2D eigenvalue weighted by Crippen LogP contribution is -2.08. The van der Waals surface area contributed by atoms with Crippen LogP contribution in [-0.4, -0.2) is 13.0 Å². The first-order valence-corrected chi connectivity index (χ1v) is 8.17. The molecule has 0 unspecified atom stereocenters. The fourth-order valence-electron chi connectivity index (χ4n) is 2.63. The van der Waals surface area contributed by atoms with E-state index in [0.717, 1.165) is 22.2 Å². The smallest absolute Gasteiger partial charge is 0.248 e. The van der Waals surface area contributed by atoms with Crippen molar-refractivity contribution in [1.82, 2.24) is 0 Å². The Morgan fingerprint density at radius 3 is 2.72 bits per heavy atom. The SMILES string of the molecule is COc1cc(Cl)cc2cc(C=CC(=O)Nc3ccc(C)cc3C)oc12. The number of halogens is 1. The predicted molar refractivity (Wildman–Crippen MR) is 101 cm³/mol. The van der Waals surface area contributed by atoms with Gasteiger partial charge in [-0.1, -0.05) is 29.3 Å². The summed E-state index contributed by atoms with van der Waals surface area (Å²) >= 11 is 6.05. The molecule has 0 saturated carbocycles. The fourth-order valence-corrected chi connectivity index (χ4v) is 2.84. The standard InChI is InChI=1S/C20H18ClNO3/c1-12-4-6-17(13(2)8-12)22-19(23)7-5-16-10-14-9-15(21)11-18(24-3)20(14)25-16/h4-11H,1-3H3,(H,22,23). The summed E-state index contributed by atoms with van der Waals surface area (Å²) < 4.78 is 11.0. The first-order valence-electron chi connectivity index (χ1n) is 7.79. The number of furan rings is 1. The maximum absolute atomic E-state index is 12.1. The van der Waals surface area contributed by atoms with Crippen molar-refractivity contribution in [3.8, 4) is 5.75 Å². The molecule has 3 rings (SSSR count). The number of ether oxygens (including phenoxy) is 1. The van der Waals surface area contributed by atoms with Crippen LogP contribution in [0.25, 0.3) is 17.0 Å². The van der Waals surface area contributed by atoms with Crippen molar-refractivity contribution in [2.75, 3.05) is 12.4 Å². The van der Waals surface area contributed by atoms with Crippen LogP contribution in [0.1, 0.15) is 16.9 Å². The number of hydrogen-bond donors (Lipinski definition) is 1. The molecule has 0 atom stereocenters. The van der Waals surface area contributed by atoms with E-state index in [9.17, 15) is 4.79 Å². The van der Waals surface area contributed by atoms with E-state index in [1.165, 1.54) is 6.08 Å². The monoisotopic (exact) mass is 355 g/mol. The minimum atomic E-state index is -0.225. The number of hydrogen-bond acceptors (Lipinski definition) is 3. The molecule has 0 spiro atoms. The molecule has 0 radical (unpaired) electrons. The van der Waals surface area contributed by atoms with Crippen LogP contribution in [0.5, 0.6) is 5.75 Å². The van der Waals surface area contributed by atoms with Gasteiger partial charge in [-0.15, -0.1) is 0 Å². The van der Waals surface area contributed by atoms with Crippen LogP contribution in [0, 0.1) is 13.8 Å². The summed E-state index contributed by atoms with van der Waals surface area (Å²) in [5, 5.41) is 4.24. The summed E-state index contributed by atoms with van der Waals surface area (Å²) in [6.07, 6.45) is 3.05. The van der Waals surface area contributed by atoms with Gasteiger partial charge in [0.2, 0.25) is 5.91 Å². The third-order valence-electron chi connectivity index (χ3n) is 3.82. The number of fused-ring (bicyclic) bond motifs is 1. The molecule has 0 aliphatic carbocycles. The summed E-state index contributed by atoms with van der Waals surface area (Å²) in [7, 11) is 1.56. The van der Waals surface area contributed by atoms with Gasteiger partial charge in [0.05, 0.1) is 7.11 Å². The molecule has 1 amide bonds. The largest absolute Gasteiger partial charge is 0.493 e. The number of aryl methyl sites for hydroxylation is 2. The van der Waals surface area contributed by atoms with Gasteiger partial charge in [0, 0.05) is 28.2 Å². The number of anilines is 1. The van der Waals surface area contributed by atoms with Crippen molar-refractivity contribution in [1.29, 1.82) is 0 Å². The van der Waals surface area contributed by atoms with Gasteiger partial charge in [0.15, 0.2) is 11.3 Å². The second kappa shape index (κ2) is 7.03. The number of carbonyl (C=O) groups excluding carboxylic acids is 1. The molecule has 1 aromatic heterocycles. The van der Waals surface area contributed by atoms with Crippen LogP contribution in [0.3, 0.4) is 0 Å². The Morgan fingerprint density at radius 1 is 1.20 bits per heavy atom. The van der Waals surface area contributed by atoms with E-state index in [1.54, 1.807) is 25.3 Å². The molecule has 128 valence electrons. The highest BCUT2D eigenvalue weighted by Crippen LogP contribution is 2.32. The highest BCUT2D eigenvalue weighted by atomic mass is 35.5. The maximum Gasteiger partial charge on any atom is 0.248 e. The number of benzene rings is 2. The molecule has 2 aromatic carbocycles. The highest BCUT2D eigenvalue weighted by Gasteiger charge is 2.10. The molecule has 0 aliphatic rings. The van der Waals surface area contributed by atoms with E-state index in [4.69, 9.17) is 20.8 Å². The van der Waals surface area contributed by atoms with Gasteiger partial charge < -0.3 is 14.5 Å². The van der Waals surface area contributed by atoms with Crippen molar-refractivity contribution in [3.05, 3.63) is 64.4 Å². The summed E-state index contributed by atoms with van der Waals surface area (Å²) in [5.41, 5.74) is 3.56. The number of rotatable bonds is 4.